The Bertz CT molecular complexity index is 719. The monoisotopic (exact) mass is 325 g/mol. The molecular weight excluding hydrogens is 302 g/mol. The molecule has 2 aromatic carbocycles. The van der Waals surface area contributed by atoms with Gasteiger partial charge in [-0.05, 0) is 43.0 Å². The van der Waals surface area contributed by atoms with Crippen molar-refractivity contribution in [1.82, 2.24) is 5.32 Å². The van der Waals surface area contributed by atoms with Crippen LogP contribution < -0.4 is 5.32 Å². The summed E-state index contributed by atoms with van der Waals surface area (Å²) in [5.41, 5.74) is 3.94. The summed E-state index contributed by atoms with van der Waals surface area (Å²) in [7, 11) is 0. The van der Waals surface area contributed by atoms with Gasteiger partial charge in [-0.15, -0.1) is 0 Å². The Hall–Kier alpha value is -2.33. The highest BCUT2D eigenvalue weighted by atomic mass is 16.6. The second-order valence-corrected chi connectivity index (χ2v) is 6.96. The van der Waals surface area contributed by atoms with Crippen molar-refractivity contribution in [2.24, 2.45) is 0 Å². The third-order valence-electron chi connectivity index (χ3n) is 3.86. The molecule has 2 aromatic rings. The van der Waals surface area contributed by atoms with Crippen molar-refractivity contribution in [2.45, 2.75) is 39.0 Å². The largest absolute Gasteiger partial charge is 0.444 e. The van der Waals surface area contributed by atoms with Gasteiger partial charge in [-0.1, -0.05) is 48.5 Å². The fraction of sp³-hybridized carbons (Fsp3) is 0.350. The second kappa shape index (κ2) is 6.65. The second-order valence-electron chi connectivity index (χ2n) is 6.96. The predicted molar refractivity (Wildman–Crippen MR) is 93.6 cm³/mol. The van der Waals surface area contributed by atoms with Crippen LogP contribution in [0.4, 0.5) is 4.79 Å². The number of amides is 1. The molecule has 3 rings (SSSR count). The zero-order valence-corrected chi connectivity index (χ0v) is 14.3. The molecule has 1 atom stereocenters. The zero-order chi connectivity index (χ0) is 17.2. The van der Waals surface area contributed by atoms with Crippen molar-refractivity contribution in [3.8, 4) is 11.1 Å². The maximum atomic E-state index is 12.2. The van der Waals surface area contributed by atoms with E-state index in [0.29, 0.717) is 13.2 Å². The van der Waals surface area contributed by atoms with Crippen LogP contribution in [-0.4, -0.2) is 18.3 Å². The molecule has 0 aromatic heterocycles. The Morgan fingerprint density at radius 3 is 2.58 bits per heavy atom. The van der Waals surface area contributed by atoms with Gasteiger partial charge in [-0.25, -0.2) is 4.79 Å². The molecule has 1 unspecified atom stereocenters. The highest BCUT2D eigenvalue weighted by Gasteiger charge is 2.27. The Morgan fingerprint density at radius 2 is 1.88 bits per heavy atom. The van der Waals surface area contributed by atoms with Crippen LogP contribution in [-0.2, 0) is 16.1 Å². The number of hydrogen-bond acceptors (Lipinski definition) is 3. The molecule has 1 N–H and O–H groups in total. The van der Waals surface area contributed by atoms with Gasteiger partial charge >= 0.3 is 6.09 Å². The van der Waals surface area contributed by atoms with Gasteiger partial charge in [0.1, 0.15) is 5.60 Å². The van der Waals surface area contributed by atoms with Crippen LogP contribution in [0.1, 0.15) is 37.9 Å². The van der Waals surface area contributed by atoms with E-state index in [1.807, 2.05) is 51.1 Å². The minimum absolute atomic E-state index is 0.222. The molecule has 126 valence electrons. The Kier molecular flexibility index (Phi) is 4.58. The van der Waals surface area contributed by atoms with Crippen LogP contribution >= 0.6 is 0 Å². The van der Waals surface area contributed by atoms with Crippen molar-refractivity contribution in [3.63, 3.8) is 0 Å². The first kappa shape index (κ1) is 16.5. The average molecular weight is 325 g/mol. The summed E-state index contributed by atoms with van der Waals surface area (Å²) in [5.74, 6) is 0. The molecule has 0 fully saturated rings. The number of carbonyl (C=O) groups excluding carboxylic acids is 1. The van der Waals surface area contributed by atoms with Gasteiger partial charge in [0.2, 0.25) is 0 Å². The minimum atomic E-state index is -0.526. The van der Waals surface area contributed by atoms with E-state index in [4.69, 9.17) is 9.47 Å². The SMILES string of the molecule is CC(C)(C)OC(=O)NC1COCc2cccc(-c3ccccc3)c21. The lowest BCUT2D eigenvalue weighted by atomic mass is 9.90. The van der Waals surface area contributed by atoms with Crippen molar-refractivity contribution in [2.75, 3.05) is 6.61 Å². The van der Waals surface area contributed by atoms with Crippen LogP contribution in [0.2, 0.25) is 0 Å². The molecule has 0 saturated heterocycles. The molecule has 0 aliphatic carbocycles. The van der Waals surface area contributed by atoms with Gasteiger partial charge in [-0.3, -0.25) is 0 Å². The third kappa shape index (κ3) is 3.77. The van der Waals surface area contributed by atoms with Crippen molar-refractivity contribution in [3.05, 3.63) is 59.7 Å². The van der Waals surface area contributed by atoms with E-state index in [1.165, 1.54) is 0 Å². The molecule has 0 spiro atoms. The predicted octanol–water partition coefficient (Wildman–Crippen LogP) is 4.45. The number of fused-ring (bicyclic) bond motifs is 1. The smallest absolute Gasteiger partial charge is 0.408 e. The first-order valence-electron chi connectivity index (χ1n) is 8.18. The molecule has 0 saturated carbocycles. The first-order chi connectivity index (χ1) is 11.4. The van der Waals surface area contributed by atoms with Gasteiger partial charge in [0, 0.05) is 0 Å². The van der Waals surface area contributed by atoms with Crippen LogP contribution in [0.5, 0.6) is 0 Å². The summed E-state index contributed by atoms with van der Waals surface area (Å²) in [5, 5.41) is 2.96. The molecule has 4 heteroatoms. The molecule has 1 heterocycles. The Labute approximate surface area is 142 Å². The Morgan fingerprint density at radius 1 is 1.12 bits per heavy atom. The molecule has 24 heavy (non-hydrogen) atoms. The average Bonchev–Trinajstić information content (AvgIpc) is 2.53. The lowest BCUT2D eigenvalue weighted by Crippen LogP contribution is -2.38. The van der Waals surface area contributed by atoms with Crippen LogP contribution in [0.3, 0.4) is 0 Å². The van der Waals surface area contributed by atoms with E-state index in [-0.39, 0.29) is 6.04 Å². The highest BCUT2D eigenvalue weighted by Crippen LogP contribution is 2.34. The summed E-state index contributed by atoms with van der Waals surface area (Å²) in [6, 6.07) is 16.1. The number of hydrogen-bond donors (Lipinski definition) is 1. The van der Waals surface area contributed by atoms with Gasteiger partial charge < -0.3 is 14.8 Å². The molecule has 4 nitrogen and oxygen atoms in total. The van der Waals surface area contributed by atoms with Gasteiger partial charge in [-0.2, -0.15) is 0 Å². The number of carbonyl (C=O) groups is 1. The number of alkyl carbamates (subject to hydrolysis) is 1. The van der Waals surface area contributed by atoms with E-state index >= 15 is 0 Å². The molecule has 0 radical (unpaired) electrons. The number of benzene rings is 2. The molecule has 1 aliphatic heterocycles. The number of rotatable bonds is 2. The summed E-state index contributed by atoms with van der Waals surface area (Å²) in [6.45, 7) is 6.56. The normalized spacial score (nSPS) is 17.0. The van der Waals surface area contributed by atoms with E-state index < -0.39 is 11.7 Å². The summed E-state index contributed by atoms with van der Waals surface area (Å²) >= 11 is 0. The zero-order valence-electron chi connectivity index (χ0n) is 14.3. The highest BCUT2D eigenvalue weighted by molar-refractivity contribution is 5.73. The van der Waals surface area contributed by atoms with Crippen molar-refractivity contribution in [1.29, 1.82) is 0 Å². The molecule has 0 bridgehead atoms. The first-order valence-corrected chi connectivity index (χ1v) is 8.18. The van der Waals surface area contributed by atoms with Gasteiger partial charge in [0.25, 0.3) is 0 Å². The van der Waals surface area contributed by atoms with E-state index in [0.717, 1.165) is 22.3 Å². The number of nitrogens with one attached hydrogen (secondary N) is 1. The standard InChI is InChI=1S/C20H23NO3/c1-20(2,3)24-19(22)21-17-13-23-12-15-10-7-11-16(18(15)17)14-8-5-4-6-9-14/h4-11,17H,12-13H2,1-3H3,(H,21,22). The van der Waals surface area contributed by atoms with Crippen LogP contribution in [0.25, 0.3) is 11.1 Å². The minimum Gasteiger partial charge on any atom is -0.444 e. The topological polar surface area (TPSA) is 47.6 Å². The van der Waals surface area contributed by atoms with E-state index in [1.54, 1.807) is 0 Å². The van der Waals surface area contributed by atoms with Crippen molar-refractivity contribution >= 4 is 6.09 Å². The summed E-state index contributed by atoms with van der Waals surface area (Å²) < 4.78 is 11.1. The van der Waals surface area contributed by atoms with E-state index in [2.05, 4.69) is 23.5 Å². The van der Waals surface area contributed by atoms with E-state index in [9.17, 15) is 4.79 Å². The summed E-state index contributed by atoms with van der Waals surface area (Å²) in [4.78, 5) is 12.2. The summed E-state index contributed by atoms with van der Waals surface area (Å²) in [6.07, 6.45) is -0.424. The quantitative estimate of drug-likeness (QED) is 0.887. The van der Waals surface area contributed by atoms with Crippen molar-refractivity contribution < 1.29 is 14.3 Å². The van der Waals surface area contributed by atoms with Gasteiger partial charge in [0.15, 0.2) is 0 Å². The lowest BCUT2D eigenvalue weighted by Gasteiger charge is -2.30. The Balaban J connectivity index is 1.93. The molecule has 1 aliphatic rings. The van der Waals surface area contributed by atoms with Crippen LogP contribution in [0.15, 0.2) is 48.5 Å². The third-order valence-corrected chi connectivity index (χ3v) is 3.86. The molecular formula is C20H23NO3. The molecule has 1 amide bonds. The maximum Gasteiger partial charge on any atom is 0.408 e. The maximum absolute atomic E-state index is 12.2. The number of ether oxygens (including phenoxy) is 2. The fourth-order valence-electron chi connectivity index (χ4n) is 2.95. The van der Waals surface area contributed by atoms with Crippen LogP contribution in [0, 0.1) is 0 Å². The van der Waals surface area contributed by atoms with Gasteiger partial charge in [0.05, 0.1) is 19.3 Å². The lowest BCUT2D eigenvalue weighted by molar-refractivity contribution is 0.0391. The fourth-order valence-corrected chi connectivity index (χ4v) is 2.95.